The van der Waals surface area contributed by atoms with Crippen LogP contribution in [0.15, 0.2) is 24.3 Å². The van der Waals surface area contributed by atoms with Gasteiger partial charge in [0.05, 0.1) is 5.92 Å². The highest BCUT2D eigenvalue weighted by atomic mass is 16.1. The third-order valence-corrected chi connectivity index (χ3v) is 4.40. The summed E-state index contributed by atoms with van der Waals surface area (Å²) in [7, 11) is 0. The van der Waals surface area contributed by atoms with Crippen LogP contribution >= 0.6 is 0 Å². The number of hydrogen-bond donors (Lipinski definition) is 2. The molecular weight excluding hydrogens is 236 g/mol. The average molecular weight is 258 g/mol. The summed E-state index contributed by atoms with van der Waals surface area (Å²) in [5, 5.41) is 6.67. The van der Waals surface area contributed by atoms with E-state index in [-0.39, 0.29) is 11.8 Å². The molecule has 3 heteroatoms. The summed E-state index contributed by atoms with van der Waals surface area (Å²) in [6, 6.07) is 9.28. The first kappa shape index (κ1) is 12.7. The number of fused-ring (bicyclic) bond motifs is 1. The van der Waals surface area contributed by atoms with E-state index in [9.17, 15) is 4.79 Å². The van der Waals surface area contributed by atoms with Gasteiger partial charge in [0.25, 0.3) is 0 Å². The number of carbonyl (C=O) groups excluding carboxylic acids is 1. The molecule has 0 spiro atoms. The van der Waals surface area contributed by atoms with Crippen molar-refractivity contribution in [1.29, 1.82) is 0 Å². The minimum absolute atomic E-state index is 0.0808. The lowest BCUT2D eigenvalue weighted by Crippen LogP contribution is -2.48. The van der Waals surface area contributed by atoms with Gasteiger partial charge >= 0.3 is 0 Å². The van der Waals surface area contributed by atoms with Gasteiger partial charge in [-0.3, -0.25) is 4.79 Å². The van der Waals surface area contributed by atoms with Crippen LogP contribution in [0.5, 0.6) is 0 Å². The molecule has 3 atom stereocenters. The first-order chi connectivity index (χ1) is 9.24. The van der Waals surface area contributed by atoms with E-state index >= 15 is 0 Å². The number of hydrogen-bond acceptors (Lipinski definition) is 2. The van der Waals surface area contributed by atoms with Crippen molar-refractivity contribution in [2.24, 2.45) is 0 Å². The van der Waals surface area contributed by atoms with Crippen LogP contribution in [0.3, 0.4) is 0 Å². The Balaban J connectivity index is 1.50. The lowest BCUT2D eigenvalue weighted by atomic mass is 9.77. The van der Waals surface area contributed by atoms with Crippen molar-refractivity contribution in [3.05, 3.63) is 35.4 Å². The summed E-state index contributed by atoms with van der Waals surface area (Å²) in [4.78, 5) is 12.2. The molecule has 1 aliphatic heterocycles. The predicted octanol–water partition coefficient (Wildman–Crippen LogP) is 1.97. The van der Waals surface area contributed by atoms with E-state index in [0.717, 1.165) is 13.0 Å². The largest absolute Gasteiger partial charge is 0.354 e. The molecule has 0 aromatic heterocycles. The van der Waals surface area contributed by atoms with E-state index in [1.807, 2.05) is 12.1 Å². The molecule has 102 valence electrons. The summed E-state index contributed by atoms with van der Waals surface area (Å²) in [6.45, 7) is 2.98. The van der Waals surface area contributed by atoms with Crippen LogP contribution in [0.2, 0.25) is 0 Å². The van der Waals surface area contributed by atoms with Crippen LogP contribution in [-0.2, 0) is 11.2 Å². The Morgan fingerprint density at radius 1 is 1.37 bits per heavy atom. The van der Waals surface area contributed by atoms with Crippen molar-refractivity contribution in [3.8, 4) is 0 Å². The van der Waals surface area contributed by atoms with Crippen molar-refractivity contribution in [2.75, 3.05) is 6.54 Å². The molecule has 1 aromatic carbocycles. The van der Waals surface area contributed by atoms with Crippen LogP contribution in [0.1, 0.15) is 43.2 Å². The predicted molar refractivity (Wildman–Crippen MR) is 76.1 cm³/mol. The molecule has 3 rings (SSSR count). The number of rotatable bonds is 3. The first-order valence-corrected chi connectivity index (χ1v) is 7.35. The Morgan fingerprint density at radius 3 is 3.00 bits per heavy atom. The maximum Gasteiger partial charge on any atom is 0.227 e. The average Bonchev–Trinajstić information content (AvgIpc) is 2.38. The van der Waals surface area contributed by atoms with Crippen LogP contribution in [0, 0.1) is 0 Å². The van der Waals surface area contributed by atoms with Crippen molar-refractivity contribution in [1.82, 2.24) is 10.6 Å². The Hall–Kier alpha value is -1.35. The van der Waals surface area contributed by atoms with Crippen molar-refractivity contribution >= 4 is 5.91 Å². The molecule has 3 nitrogen and oxygen atoms in total. The smallest absolute Gasteiger partial charge is 0.227 e. The minimum Gasteiger partial charge on any atom is -0.354 e. The van der Waals surface area contributed by atoms with E-state index in [2.05, 4.69) is 29.7 Å². The summed E-state index contributed by atoms with van der Waals surface area (Å²) >= 11 is 0. The molecule has 0 saturated carbocycles. The zero-order chi connectivity index (χ0) is 13.2. The van der Waals surface area contributed by atoms with Crippen LogP contribution in [-0.4, -0.2) is 24.5 Å². The second-order valence-electron chi connectivity index (χ2n) is 5.90. The molecule has 1 fully saturated rings. The third-order valence-electron chi connectivity index (χ3n) is 4.40. The maximum absolute atomic E-state index is 12.2. The molecule has 1 aromatic rings. The van der Waals surface area contributed by atoms with Gasteiger partial charge in [-0.15, -0.1) is 0 Å². The molecule has 1 saturated heterocycles. The zero-order valence-electron chi connectivity index (χ0n) is 11.5. The van der Waals surface area contributed by atoms with E-state index in [4.69, 9.17) is 0 Å². The summed E-state index contributed by atoms with van der Waals surface area (Å²) in [5.41, 5.74) is 2.54. The highest BCUT2D eigenvalue weighted by molar-refractivity contribution is 5.86. The first-order valence-electron chi connectivity index (χ1n) is 7.35. The van der Waals surface area contributed by atoms with E-state index in [1.165, 1.54) is 30.4 Å². The fraction of sp³-hybridized carbons (Fsp3) is 0.562. The third kappa shape index (κ3) is 2.66. The minimum atomic E-state index is 0.0808. The van der Waals surface area contributed by atoms with Crippen molar-refractivity contribution < 1.29 is 4.79 Å². The second kappa shape index (κ2) is 5.33. The Bertz CT molecular complexity index is 472. The topological polar surface area (TPSA) is 41.1 Å². The van der Waals surface area contributed by atoms with Gasteiger partial charge in [0, 0.05) is 18.6 Å². The van der Waals surface area contributed by atoms with Gasteiger partial charge in [0.15, 0.2) is 0 Å². The van der Waals surface area contributed by atoms with Crippen molar-refractivity contribution in [3.63, 3.8) is 0 Å². The summed E-state index contributed by atoms with van der Waals surface area (Å²) in [5.74, 6) is 0.274. The highest BCUT2D eigenvalue weighted by Crippen LogP contribution is 2.34. The molecule has 1 amide bonds. The van der Waals surface area contributed by atoms with Gasteiger partial charge in [-0.25, -0.2) is 0 Å². The molecule has 1 heterocycles. The molecule has 1 aliphatic carbocycles. The lowest BCUT2D eigenvalue weighted by molar-refractivity contribution is -0.123. The molecule has 2 N–H and O–H groups in total. The van der Waals surface area contributed by atoms with E-state index in [1.54, 1.807) is 0 Å². The fourth-order valence-corrected chi connectivity index (χ4v) is 3.24. The fourth-order valence-electron chi connectivity index (χ4n) is 3.24. The van der Waals surface area contributed by atoms with Crippen LogP contribution in [0.4, 0.5) is 0 Å². The Morgan fingerprint density at radius 2 is 2.21 bits per heavy atom. The molecule has 2 aliphatic rings. The van der Waals surface area contributed by atoms with Gasteiger partial charge in [-0.2, -0.15) is 0 Å². The normalized spacial score (nSPS) is 29.2. The number of nitrogens with one attached hydrogen (secondary N) is 2. The highest BCUT2D eigenvalue weighted by Gasteiger charge is 2.31. The number of amides is 1. The zero-order valence-corrected chi connectivity index (χ0v) is 11.5. The van der Waals surface area contributed by atoms with Gasteiger partial charge in [-0.1, -0.05) is 30.7 Å². The van der Waals surface area contributed by atoms with Crippen LogP contribution < -0.4 is 10.6 Å². The lowest BCUT2D eigenvalue weighted by Gasteiger charge is -2.32. The van der Waals surface area contributed by atoms with Gasteiger partial charge in [0.1, 0.15) is 0 Å². The molecule has 0 radical (unpaired) electrons. The van der Waals surface area contributed by atoms with E-state index < -0.39 is 0 Å². The molecule has 0 bridgehead atoms. The monoisotopic (exact) mass is 258 g/mol. The number of benzene rings is 1. The van der Waals surface area contributed by atoms with Gasteiger partial charge in [0.2, 0.25) is 5.91 Å². The molecule has 19 heavy (non-hydrogen) atoms. The summed E-state index contributed by atoms with van der Waals surface area (Å²) < 4.78 is 0. The SMILES string of the molecule is CC1CCCC(CNC(=O)C2Cc3ccccc32)N1. The number of carbonyl (C=O) groups is 1. The quantitative estimate of drug-likeness (QED) is 0.870. The Kier molecular flexibility index (Phi) is 3.56. The standard InChI is InChI=1S/C16H22N2O/c1-11-5-4-7-13(18-11)10-17-16(19)15-9-12-6-2-3-8-14(12)15/h2-3,6,8,11,13,15,18H,4-5,7,9-10H2,1H3,(H,17,19). The van der Waals surface area contributed by atoms with E-state index in [0.29, 0.717) is 12.1 Å². The number of piperidine rings is 1. The van der Waals surface area contributed by atoms with Gasteiger partial charge in [-0.05, 0) is 37.3 Å². The maximum atomic E-state index is 12.2. The van der Waals surface area contributed by atoms with Gasteiger partial charge < -0.3 is 10.6 Å². The molecule has 3 unspecified atom stereocenters. The Labute approximate surface area is 114 Å². The molecular formula is C16H22N2O. The summed E-state index contributed by atoms with van der Waals surface area (Å²) in [6.07, 6.45) is 4.59. The van der Waals surface area contributed by atoms with Crippen LogP contribution in [0.25, 0.3) is 0 Å². The second-order valence-corrected chi connectivity index (χ2v) is 5.90. The van der Waals surface area contributed by atoms with Crippen molar-refractivity contribution in [2.45, 2.75) is 50.6 Å².